The summed E-state index contributed by atoms with van der Waals surface area (Å²) in [5.41, 5.74) is 0. The van der Waals surface area contributed by atoms with E-state index < -0.39 is 0 Å². The van der Waals surface area contributed by atoms with Gasteiger partial charge >= 0.3 is 0 Å². The molecular formula is C10H21NO. The van der Waals surface area contributed by atoms with Crippen LogP contribution in [0.3, 0.4) is 0 Å². The molecule has 72 valence electrons. The zero-order chi connectivity index (χ0) is 8.97. The Balaban J connectivity index is 0.000000336. The summed E-state index contributed by atoms with van der Waals surface area (Å²) in [6.07, 6.45) is 3.15. The molecule has 0 spiro atoms. The number of nitrogens with one attached hydrogen (secondary N) is 1. The van der Waals surface area contributed by atoms with Crippen LogP contribution in [-0.2, 0) is 4.74 Å². The third-order valence-corrected chi connectivity index (χ3v) is 2.77. The van der Waals surface area contributed by atoms with Gasteiger partial charge in [0.25, 0.3) is 0 Å². The van der Waals surface area contributed by atoms with Gasteiger partial charge in [-0.05, 0) is 19.8 Å². The van der Waals surface area contributed by atoms with Crippen LogP contribution in [0.5, 0.6) is 0 Å². The van der Waals surface area contributed by atoms with Gasteiger partial charge in [-0.2, -0.15) is 0 Å². The van der Waals surface area contributed by atoms with E-state index in [-0.39, 0.29) is 0 Å². The molecule has 0 radical (unpaired) electrons. The van der Waals surface area contributed by atoms with Crippen LogP contribution >= 0.6 is 0 Å². The normalized spacial score (nSPS) is 39.8. The van der Waals surface area contributed by atoms with Gasteiger partial charge in [-0.25, -0.2) is 0 Å². The first kappa shape index (κ1) is 10.0. The Bertz CT molecular complexity index is 125. The quantitative estimate of drug-likeness (QED) is 0.600. The summed E-state index contributed by atoms with van der Waals surface area (Å²) in [5.74, 6) is 0.800. The third-order valence-electron chi connectivity index (χ3n) is 2.77. The molecule has 2 nitrogen and oxygen atoms in total. The first-order valence-electron chi connectivity index (χ1n) is 5.23. The van der Waals surface area contributed by atoms with Crippen LogP contribution < -0.4 is 5.32 Å². The predicted octanol–water partition coefficient (Wildman–Crippen LogP) is 1.80. The zero-order valence-electron chi connectivity index (χ0n) is 8.47. The molecule has 0 aliphatic carbocycles. The molecule has 3 unspecified atom stereocenters. The molecule has 2 saturated heterocycles. The van der Waals surface area contributed by atoms with Crippen LogP contribution in [-0.4, -0.2) is 25.3 Å². The van der Waals surface area contributed by atoms with E-state index in [1.54, 1.807) is 0 Å². The second-order valence-electron chi connectivity index (χ2n) is 3.41. The van der Waals surface area contributed by atoms with E-state index in [0.29, 0.717) is 12.1 Å². The number of hydrogen-bond donors (Lipinski definition) is 1. The van der Waals surface area contributed by atoms with Gasteiger partial charge < -0.3 is 10.1 Å². The smallest absolute Gasteiger partial charge is 0.0742 e. The van der Waals surface area contributed by atoms with E-state index in [2.05, 4.69) is 12.2 Å². The molecule has 0 aromatic heterocycles. The van der Waals surface area contributed by atoms with Crippen molar-refractivity contribution in [3.8, 4) is 0 Å². The van der Waals surface area contributed by atoms with E-state index in [4.69, 9.17) is 4.74 Å². The minimum absolute atomic E-state index is 0.531. The van der Waals surface area contributed by atoms with Crippen molar-refractivity contribution in [1.29, 1.82) is 0 Å². The van der Waals surface area contributed by atoms with E-state index in [9.17, 15) is 0 Å². The number of ether oxygens (including phenoxy) is 1. The van der Waals surface area contributed by atoms with Gasteiger partial charge in [-0.3, -0.25) is 0 Å². The lowest BCUT2D eigenvalue weighted by Crippen LogP contribution is -2.30. The van der Waals surface area contributed by atoms with Crippen LogP contribution in [0.15, 0.2) is 0 Å². The Kier molecular flexibility index (Phi) is 4.02. The maximum absolute atomic E-state index is 5.61. The molecule has 0 aromatic carbocycles. The molecular weight excluding hydrogens is 150 g/mol. The fraction of sp³-hybridized carbons (Fsp3) is 1.00. The van der Waals surface area contributed by atoms with Crippen molar-refractivity contribution in [3.05, 3.63) is 0 Å². The van der Waals surface area contributed by atoms with Gasteiger partial charge in [-0.15, -0.1) is 0 Å². The highest BCUT2D eigenvalue weighted by atomic mass is 16.5. The molecule has 2 rings (SSSR count). The molecule has 2 heteroatoms. The fourth-order valence-corrected chi connectivity index (χ4v) is 2.10. The summed E-state index contributed by atoms with van der Waals surface area (Å²) in [6.45, 7) is 8.32. The minimum atomic E-state index is 0.531. The van der Waals surface area contributed by atoms with Gasteiger partial charge in [-0.1, -0.05) is 13.8 Å². The second-order valence-corrected chi connectivity index (χ2v) is 3.41. The van der Waals surface area contributed by atoms with Crippen LogP contribution in [0.1, 0.15) is 33.6 Å². The SMILES string of the molecule is CC.CC1NCC2OCCCC12. The molecule has 1 N–H and O–H groups in total. The summed E-state index contributed by atoms with van der Waals surface area (Å²) in [4.78, 5) is 0. The Hall–Kier alpha value is -0.0800. The molecule has 3 atom stereocenters. The van der Waals surface area contributed by atoms with E-state index in [0.717, 1.165) is 19.1 Å². The number of fused-ring (bicyclic) bond motifs is 1. The average Bonchev–Trinajstić information content (AvgIpc) is 2.53. The lowest BCUT2D eigenvalue weighted by molar-refractivity contribution is -0.00445. The van der Waals surface area contributed by atoms with Gasteiger partial charge in [0, 0.05) is 25.1 Å². The Morgan fingerprint density at radius 2 is 2.08 bits per heavy atom. The fourth-order valence-electron chi connectivity index (χ4n) is 2.10. The number of rotatable bonds is 0. The maximum atomic E-state index is 5.61. The summed E-state index contributed by atoms with van der Waals surface area (Å²) in [5, 5.41) is 3.44. The minimum Gasteiger partial charge on any atom is -0.377 e. The molecule has 0 amide bonds. The summed E-state index contributed by atoms with van der Waals surface area (Å²) in [6, 6.07) is 0.685. The van der Waals surface area contributed by atoms with Crippen LogP contribution in [0.2, 0.25) is 0 Å². The molecule has 0 saturated carbocycles. The second kappa shape index (κ2) is 4.83. The highest BCUT2D eigenvalue weighted by molar-refractivity contribution is 4.90. The van der Waals surface area contributed by atoms with Gasteiger partial charge in [0.05, 0.1) is 6.10 Å². The standard InChI is InChI=1S/C8H15NO.C2H6/c1-6-7-3-2-4-10-8(7)5-9-6;1-2/h6-9H,2-5H2,1H3;1-2H3. The largest absolute Gasteiger partial charge is 0.377 e. The van der Waals surface area contributed by atoms with Gasteiger partial charge in [0.2, 0.25) is 0 Å². The van der Waals surface area contributed by atoms with Crippen molar-refractivity contribution < 1.29 is 4.74 Å². The molecule has 0 aromatic rings. The lowest BCUT2D eigenvalue weighted by atomic mass is 9.92. The van der Waals surface area contributed by atoms with Crippen molar-refractivity contribution in [2.75, 3.05) is 13.2 Å². The molecule has 0 bridgehead atoms. The van der Waals surface area contributed by atoms with Gasteiger partial charge in [0.15, 0.2) is 0 Å². The van der Waals surface area contributed by atoms with Crippen molar-refractivity contribution in [2.45, 2.75) is 45.8 Å². The molecule has 2 fully saturated rings. The van der Waals surface area contributed by atoms with Crippen LogP contribution in [0, 0.1) is 5.92 Å². The van der Waals surface area contributed by atoms with Crippen molar-refractivity contribution in [1.82, 2.24) is 5.32 Å². The highest BCUT2D eigenvalue weighted by Gasteiger charge is 2.35. The van der Waals surface area contributed by atoms with Crippen LogP contribution in [0.25, 0.3) is 0 Å². The van der Waals surface area contributed by atoms with Gasteiger partial charge in [0.1, 0.15) is 0 Å². The topological polar surface area (TPSA) is 21.3 Å². The summed E-state index contributed by atoms with van der Waals surface area (Å²) < 4.78 is 5.61. The predicted molar refractivity (Wildman–Crippen MR) is 51.3 cm³/mol. The number of hydrogen-bond acceptors (Lipinski definition) is 2. The monoisotopic (exact) mass is 171 g/mol. The lowest BCUT2D eigenvalue weighted by Gasteiger charge is -2.26. The van der Waals surface area contributed by atoms with Crippen molar-refractivity contribution >= 4 is 0 Å². The molecule has 12 heavy (non-hydrogen) atoms. The van der Waals surface area contributed by atoms with Crippen molar-refractivity contribution in [3.63, 3.8) is 0 Å². The van der Waals surface area contributed by atoms with Crippen LogP contribution in [0.4, 0.5) is 0 Å². The Morgan fingerprint density at radius 1 is 1.33 bits per heavy atom. The third kappa shape index (κ3) is 1.99. The molecule has 2 heterocycles. The molecule has 2 aliphatic rings. The highest BCUT2D eigenvalue weighted by Crippen LogP contribution is 2.27. The summed E-state index contributed by atoms with van der Waals surface area (Å²) >= 11 is 0. The van der Waals surface area contributed by atoms with E-state index >= 15 is 0 Å². The average molecular weight is 171 g/mol. The van der Waals surface area contributed by atoms with E-state index in [1.807, 2.05) is 13.8 Å². The van der Waals surface area contributed by atoms with Crippen molar-refractivity contribution in [2.24, 2.45) is 5.92 Å². The Labute approximate surface area is 75.7 Å². The Morgan fingerprint density at radius 3 is 2.75 bits per heavy atom. The first-order valence-corrected chi connectivity index (χ1v) is 5.23. The van der Waals surface area contributed by atoms with E-state index in [1.165, 1.54) is 12.8 Å². The zero-order valence-corrected chi connectivity index (χ0v) is 8.47. The maximum Gasteiger partial charge on any atom is 0.0742 e. The summed E-state index contributed by atoms with van der Waals surface area (Å²) in [7, 11) is 0. The molecule has 2 aliphatic heterocycles. The first-order chi connectivity index (χ1) is 5.88.